The number of alkyl halides is 1. The van der Waals surface area contributed by atoms with E-state index in [1.807, 2.05) is 13.8 Å². The number of aromatic nitrogens is 1. The molecule has 0 spiro atoms. The van der Waals surface area contributed by atoms with Crippen molar-refractivity contribution in [3.63, 3.8) is 0 Å². The minimum absolute atomic E-state index is 0.0166. The molecule has 90 valence electrons. The van der Waals surface area contributed by atoms with Crippen LogP contribution in [-0.4, -0.2) is 22.8 Å². The van der Waals surface area contributed by atoms with Gasteiger partial charge in [0, 0.05) is 11.9 Å². The Morgan fingerprint density at radius 3 is 2.56 bits per heavy atom. The maximum absolute atomic E-state index is 11.9. The van der Waals surface area contributed by atoms with Crippen molar-refractivity contribution in [3.05, 3.63) is 15.6 Å². The van der Waals surface area contributed by atoms with E-state index < -0.39 is 0 Å². The number of carbonyl (C=O) groups is 1. The third-order valence-electron chi connectivity index (χ3n) is 2.20. The molecular weight excluding hydrogens is 288 g/mol. The van der Waals surface area contributed by atoms with Gasteiger partial charge in [0.1, 0.15) is 4.88 Å². The van der Waals surface area contributed by atoms with Gasteiger partial charge in [0.05, 0.1) is 10.7 Å². The van der Waals surface area contributed by atoms with Crippen molar-refractivity contribution in [1.82, 2.24) is 10.3 Å². The summed E-state index contributed by atoms with van der Waals surface area (Å²) in [5.74, 6) is -0.0166. The largest absolute Gasteiger partial charge is 0.351 e. The minimum Gasteiger partial charge on any atom is -0.351 e. The molecule has 1 heterocycles. The zero-order valence-corrected chi connectivity index (χ0v) is 12.5. The lowest BCUT2D eigenvalue weighted by molar-refractivity contribution is 0.0943. The van der Waals surface area contributed by atoms with Crippen LogP contribution in [0.15, 0.2) is 0 Å². The molecule has 0 aromatic carbocycles. The van der Waals surface area contributed by atoms with Crippen LogP contribution in [0.25, 0.3) is 0 Å². The van der Waals surface area contributed by atoms with Crippen molar-refractivity contribution in [3.8, 4) is 0 Å². The Balaban J connectivity index is 2.63. The fraction of sp³-hybridized carbons (Fsp3) is 0.636. The second kappa shape index (κ2) is 5.27. The first kappa shape index (κ1) is 13.6. The zero-order valence-electron chi connectivity index (χ0n) is 10.1. The quantitative estimate of drug-likeness (QED) is 0.869. The van der Waals surface area contributed by atoms with Crippen LogP contribution in [0.4, 0.5) is 0 Å². The van der Waals surface area contributed by atoms with Crippen LogP contribution in [0.1, 0.15) is 34.2 Å². The predicted molar refractivity (Wildman–Crippen MR) is 71.5 cm³/mol. The van der Waals surface area contributed by atoms with Gasteiger partial charge < -0.3 is 5.32 Å². The van der Waals surface area contributed by atoms with E-state index in [4.69, 9.17) is 0 Å². The Labute approximate surface area is 109 Å². The second-order valence-electron chi connectivity index (χ2n) is 4.63. The van der Waals surface area contributed by atoms with Crippen LogP contribution < -0.4 is 5.32 Å². The minimum atomic E-state index is -0.0166. The topological polar surface area (TPSA) is 42.0 Å². The van der Waals surface area contributed by atoms with Gasteiger partial charge in [-0.25, -0.2) is 4.98 Å². The van der Waals surface area contributed by atoms with Crippen LogP contribution in [0.2, 0.25) is 0 Å². The maximum atomic E-state index is 11.9. The van der Waals surface area contributed by atoms with Crippen LogP contribution in [0, 0.1) is 19.3 Å². The monoisotopic (exact) mass is 304 g/mol. The first-order valence-electron chi connectivity index (χ1n) is 5.14. The number of carbonyl (C=O) groups excluding carboxylic acids is 1. The third kappa shape index (κ3) is 3.56. The molecule has 0 atom stereocenters. The normalized spacial score (nSPS) is 11.6. The standard InChI is InChI=1S/C11H17BrN2OS/c1-7-9(16-8(2)14-7)10(15)13-6-11(3,4)5-12/h5-6H2,1-4H3,(H,13,15). The predicted octanol–water partition coefficient (Wildman–Crippen LogP) is 2.91. The number of hydrogen-bond donors (Lipinski definition) is 1. The molecule has 1 aromatic heterocycles. The van der Waals surface area contributed by atoms with E-state index in [9.17, 15) is 4.79 Å². The van der Waals surface area contributed by atoms with Gasteiger partial charge in [-0.3, -0.25) is 4.79 Å². The average Bonchev–Trinajstić information content (AvgIpc) is 2.54. The Morgan fingerprint density at radius 1 is 1.50 bits per heavy atom. The van der Waals surface area contributed by atoms with Crippen molar-refractivity contribution in [2.45, 2.75) is 27.7 Å². The first-order chi connectivity index (χ1) is 7.35. The van der Waals surface area contributed by atoms with Gasteiger partial charge in [-0.15, -0.1) is 11.3 Å². The maximum Gasteiger partial charge on any atom is 0.263 e. The zero-order chi connectivity index (χ0) is 12.3. The van der Waals surface area contributed by atoms with E-state index in [1.54, 1.807) is 0 Å². The van der Waals surface area contributed by atoms with E-state index in [2.05, 4.69) is 40.1 Å². The number of halogens is 1. The van der Waals surface area contributed by atoms with E-state index in [1.165, 1.54) is 11.3 Å². The summed E-state index contributed by atoms with van der Waals surface area (Å²) in [6.07, 6.45) is 0. The molecule has 0 saturated carbocycles. The molecule has 0 unspecified atom stereocenters. The summed E-state index contributed by atoms with van der Waals surface area (Å²) >= 11 is 4.88. The molecule has 0 aliphatic rings. The van der Waals surface area contributed by atoms with Crippen molar-refractivity contribution in [1.29, 1.82) is 0 Å². The lowest BCUT2D eigenvalue weighted by Crippen LogP contribution is -2.34. The highest BCUT2D eigenvalue weighted by atomic mass is 79.9. The number of hydrogen-bond acceptors (Lipinski definition) is 3. The fourth-order valence-electron chi connectivity index (χ4n) is 1.19. The van der Waals surface area contributed by atoms with E-state index in [-0.39, 0.29) is 11.3 Å². The molecule has 0 fully saturated rings. The fourth-order valence-corrected chi connectivity index (χ4v) is 2.22. The smallest absolute Gasteiger partial charge is 0.263 e. The van der Waals surface area contributed by atoms with Crippen molar-refractivity contribution < 1.29 is 4.79 Å². The van der Waals surface area contributed by atoms with Crippen LogP contribution in [0.3, 0.4) is 0 Å². The molecule has 1 amide bonds. The molecule has 3 nitrogen and oxygen atoms in total. The highest BCUT2D eigenvalue weighted by Crippen LogP contribution is 2.19. The third-order valence-corrected chi connectivity index (χ3v) is 4.79. The van der Waals surface area contributed by atoms with Crippen molar-refractivity contribution >= 4 is 33.2 Å². The highest BCUT2D eigenvalue weighted by Gasteiger charge is 2.19. The molecule has 0 saturated heterocycles. The number of amides is 1. The molecule has 1 aromatic rings. The van der Waals surface area contributed by atoms with E-state index in [0.29, 0.717) is 6.54 Å². The molecule has 0 aliphatic heterocycles. The summed E-state index contributed by atoms with van der Waals surface area (Å²) in [6.45, 7) is 8.65. The lowest BCUT2D eigenvalue weighted by Gasteiger charge is -2.21. The van der Waals surface area contributed by atoms with Crippen molar-refractivity contribution in [2.75, 3.05) is 11.9 Å². The summed E-state index contributed by atoms with van der Waals surface area (Å²) in [6, 6.07) is 0. The summed E-state index contributed by atoms with van der Waals surface area (Å²) < 4.78 is 0. The SMILES string of the molecule is Cc1nc(C)c(C(=O)NCC(C)(C)CBr)s1. The lowest BCUT2D eigenvalue weighted by atomic mass is 9.97. The Bertz CT molecular complexity index is 387. The first-order valence-corrected chi connectivity index (χ1v) is 7.08. The Morgan fingerprint density at radius 2 is 2.12 bits per heavy atom. The number of aryl methyl sites for hydroxylation is 2. The summed E-state index contributed by atoms with van der Waals surface area (Å²) in [4.78, 5) is 16.9. The molecule has 16 heavy (non-hydrogen) atoms. The number of rotatable bonds is 4. The van der Waals surface area contributed by atoms with Gasteiger partial charge in [-0.05, 0) is 19.3 Å². The summed E-state index contributed by atoms with van der Waals surface area (Å²) in [7, 11) is 0. The van der Waals surface area contributed by atoms with Crippen LogP contribution >= 0.6 is 27.3 Å². The summed E-state index contributed by atoms with van der Waals surface area (Å²) in [5.41, 5.74) is 0.889. The highest BCUT2D eigenvalue weighted by molar-refractivity contribution is 9.09. The van der Waals surface area contributed by atoms with Gasteiger partial charge in [-0.2, -0.15) is 0 Å². The number of nitrogens with one attached hydrogen (secondary N) is 1. The second-order valence-corrected chi connectivity index (χ2v) is 6.39. The average molecular weight is 305 g/mol. The molecule has 1 rings (SSSR count). The molecule has 1 N–H and O–H groups in total. The molecule has 5 heteroatoms. The molecule has 0 aliphatic carbocycles. The van der Waals surface area contributed by atoms with Gasteiger partial charge in [0.25, 0.3) is 5.91 Å². The molecule has 0 bridgehead atoms. The van der Waals surface area contributed by atoms with Gasteiger partial charge in [0.2, 0.25) is 0 Å². The van der Waals surface area contributed by atoms with Crippen LogP contribution in [0.5, 0.6) is 0 Å². The number of nitrogens with zero attached hydrogens (tertiary/aromatic N) is 1. The number of thiazole rings is 1. The van der Waals surface area contributed by atoms with Crippen molar-refractivity contribution in [2.24, 2.45) is 5.41 Å². The Hall–Kier alpha value is -0.420. The van der Waals surface area contributed by atoms with E-state index >= 15 is 0 Å². The molecule has 0 radical (unpaired) electrons. The molecular formula is C11H17BrN2OS. The van der Waals surface area contributed by atoms with Crippen LogP contribution in [-0.2, 0) is 0 Å². The van der Waals surface area contributed by atoms with E-state index in [0.717, 1.165) is 20.9 Å². The summed E-state index contributed by atoms with van der Waals surface area (Å²) in [5, 5.41) is 4.74. The van der Waals surface area contributed by atoms with Gasteiger partial charge in [-0.1, -0.05) is 29.8 Å². The van der Waals surface area contributed by atoms with Gasteiger partial charge >= 0.3 is 0 Å². The van der Waals surface area contributed by atoms with Gasteiger partial charge in [0.15, 0.2) is 0 Å². The Kier molecular flexibility index (Phi) is 4.50.